The van der Waals surface area contributed by atoms with Gasteiger partial charge in [0, 0.05) is 18.5 Å². The fraction of sp³-hybridized carbons (Fsp3) is 0.692. The highest BCUT2D eigenvalue weighted by Crippen LogP contribution is 2.20. The van der Waals surface area contributed by atoms with E-state index in [2.05, 4.69) is 20.9 Å². The van der Waals surface area contributed by atoms with Gasteiger partial charge in [-0.2, -0.15) is 0 Å². The molecule has 0 spiro atoms. The van der Waals surface area contributed by atoms with Crippen molar-refractivity contribution in [2.24, 2.45) is 0 Å². The molecule has 0 radical (unpaired) electrons. The second-order valence-corrected chi connectivity index (χ2v) is 8.67. The molecular weight excluding hydrogens is 374 g/mol. The molecular formula is C13H20BrN3O4S. The van der Waals surface area contributed by atoms with Gasteiger partial charge in [0.05, 0.1) is 19.3 Å². The summed E-state index contributed by atoms with van der Waals surface area (Å²) < 4.78 is 31.2. The molecule has 0 saturated carbocycles. The zero-order chi connectivity index (χ0) is 16.5. The molecule has 1 aliphatic rings. The molecule has 9 heteroatoms. The van der Waals surface area contributed by atoms with Crippen LogP contribution in [0.3, 0.4) is 0 Å². The van der Waals surface area contributed by atoms with Crippen LogP contribution in [0.1, 0.15) is 26.1 Å². The summed E-state index contributed by atoms with van der Waals surface area (Å²) in [7, 11) is -3.38. The maximum Gasteiger partial charge on any atom is 0.294 e. The van der Waals surface area contributed by atoms with Gasteiger partial charge in [0.2, 0.25) is 0 Å². The van der Waals surface area contributed by atoms with Gasteiger partial charge in [-0.25, -0.2) is 13.4 Å². The standard InChI is InChI=1S/C13H20BrN3O4S/c1-4-22(19,20)10(3)17-7-11(14)15-12(13(17)18)16-5-6-21-8-9(16)2/h7,9-10H,4-6,8H2,1-3H3/t9-,10?/m1/s1. The monoisotopic (exact) mass is 393 g/mol. The number of sulfone groups is 1. The van der Waals surface area contributed by atoms with E-state index in [-0.39, 0.29) is 17.6 Å². The van der Waals surface area contributed by atoms with Gasteiger partial charge in [-0.1, -0.05) is 6.92 Å². The largest absolute Gasteiger partial charge is 0.377 e. The molecule has 22 heavy (non-hydrogen) atoms. The van der Waals surface area contributed by atoms with Gasteiger partial charge in [-0.3, -0.25) is 9.36 Å². The van der Waals surface area contributed by atoms with Crippen molar-refractivity contribution in [2.75, 3.05) is 30.4 Å². The second-order valence-electron chi connectivity index (χ2n) is 5.27. The molecule has 0 N–H and O–H groups in total. The van der Waals surface area contributed by atoms with Gasteiger partial charge >= 0.3 is 0 Å². The quantitative estimate of drug-likeness (QED) is 0.763. The van der Waals surface area contributed by atoms with Crippen molar-refractivity contribution in [3.8, 4) is 0 Å². The zero-order valence-electron chi connectivity index (χ0n) is 12.8. The Morgan fingerprint density at radius 3 is 2.82 bits per heavy atom. The Balaban J connectivity index is 2.52. The normalized spacial score (nSPS) is 20.9. The lowest BCUT2D eigenvalue weighted by Gasteiger charge is -2.34. The van der Waals surface area contributed by atoms with Crippen molar-refractivity contribution >= 4 is 31.6 Å². The Kier molecular flexibility index (Phi) is 5.29. The molecule has 1 aliphatic heterocycles. The summed E-state index contributed by atoms with van der Waals surface area (Å²) in [6.45, 7) is 6.60. The summed E-state index contributed by atoms with van der Waals surface area (Å²) in [5.41, 5.74) is -0.401. The molecule has 1 fully saturated rings. The van der Waals surface area contributed by atoms with Crippen molar-refractivity contribution < 1.29 is 13.2 Å². The van der Waals surface area contributed by atoms with Crippen LogP contribution in [-0.4, -0.2) is 49.5 Å². The molecule has 1 aromatic heterocycles. The van der Waals surface area contributed by atoms with Crippen molar-refractivity contribution in [1.29, 1.82) is 0 Å². The van der Waals surface area contributed by atoms with Gasteiger partial charge in [0.15, 0.2) is 15.7 Å². The van der Waals surface area contributed by atoms with Crippen LogP contribution in [0.2, 0.25) is 0 Å². The number of aromatic nitrogens is 2. The van der Waals surface area contributed by atoms with E-state index in [4.69, 9.17) is 4.74 Å². The Morgan fingerprint density at radius 2 is 2.23 bits per heavy atom. The molecule has 1 saturated heterocycles. The first-order chi connectivity index (χ1) is 10.3. The summed E-state index contributed by atoms with van der Waals surface area (Å²) in [5, 5.41) is -0.931. The Morgan fingerprint density at radius 1 is 1.55 bits per heavy atom. The Bertz CT molecular complexity index is 704. The average molecular weight is 394 g/mol. The van der Waals surface area contributed by atoms with Gasteiger partial charge in [-0.05, 0) is 29.8 Å². The molecule has 0 aromatic carbocycles. The maximum atomic E-state index is 12.7. The first-order valence-electron chi connectivity index (χ1n) is 7.12. The SMILES string of the molecule is CCS(=O)(=O)C(C)n1cc(Br)nc(N2CCOC[C@H]2C)c1=O. The van der Waals surface area contributed by atoms with E-state index >= 15 is 0 Å². The average Bonchev–Trinajstić information content (AvgIpc) is 2.49. The molecule has 7 nitrogen and oxygen atoms in total. The summed E-state index contributed by atoms with van der Waals surface area (Å²) in [5.74, 6) is 0.229. The minimum atomic E-state index is -3.38. The van der Waals surface area contributed by atoms with Crippen molar-refractivity contribution in [3.05, 3.63) is 21.2 Å². The van der Waals surface area contributed by atoms with Crippen LogP contribution < -0.4 is 10.5 Å². The lowest BCUT2D eigenvalue weighted by molar-refractivity contribution is 0.0983. The first-order valence-corrected chi connectivity index (χ1v) is 9.63. The number of morpholine rings is 1. The summed E-state index contributed by atoms with van der Waals surface area (Å²) in [6.07, 6.45) is 1.43. The molecule has 2 heterocycles. The van der Waals surface area contributed by atoms with Crippen molar-refractivity contribution in [1.82, 2.24) is 9.55 Å². The van der Waals surface area contributed by atoms with Crippen molar-refractivity contribution in [2.45, 2.75) is 32.2 Å². The number of halogens is 1. The molecule has 124 valence electrons. The second kappa shape index (κ2) is 6.67. The summed E-state index contributed by atoms with van der Waals surface area (Å²) in [4.78, 5) is 18.8. The fourth-order valence-corrected chi connectivity index (χ4v) is 3.75. The van der Waals surface area contributed by atoms with Gasteiger partial charge in [-0.15, -0.1) is 0 Å². The van der Waals surface area contributed by atoms with E-state index in [1.54, 1.807) is 6.92 Å². The third kappa shape index (κ3) is 3.36. The van der Waals surface area contributed by atoms with E-state index < -0.39 is 20.8 Å². The van der Waals surface area contributed by atoms with Crippen LogP contribution >= 0.6 is 15.9 Å². The third-order valence-corrected chi connectivity index (χ3v) is 6.29. The molecule has 2 rings (SSSR count). The van der Waals surface area contributed by atoms with Crippen LogP contribution in [0.4, 0.5) is 5.82 Å². The lowest BCUT2D eigenvalue weighted by Crippen LogP contribution is -2.47. The lowest BCUT2D eigenvalue weighted by atomic mass is 10.2. The molecule has 1 aromatic rings. The fourth-order valence-electron chi connectivity index (χ4n) is 2.38. The van der Waals surface area contributed by atoms with Crippen molar-refractivity contribution in [3.63, 3.8) is 0 Å². The molecule has 0 aliphatic carbocycles. The highest BCUT2D eigenvalue weighted by Gasteiger charge is 2.27. The highest BCUT2D eigenvalue weighted by atomic mass is 79.9. The summed E-state index contributed by atoms with van der Waals surface area (Å²) in [6, 6.07) is 0.00906. The van der Waals surface area contributed by atoms with Gasteiger partial charge in [0.25, 0.3) is 5.56 Å². The minimum Gasteiger partial charge on any atom is -0.377 e. The number of ether oxygens (including phenoxy) is 1. The van der Waals surface area contributed by atoms with Crippen LogP contribution in [0.15, 0.2) is 15.6 Å². The number of hydrogen-bond acceptors (Lipinski definition) is 6. The zero-order valence-corrected chi connectivity index (χ0v) is 15.2. The highest BCUT2D eigenvalue weighted by molar-refractivity contribution is 9.10. The topological polar surface area (TPSA) is 81.5 Å². The predicted molar refractivity (Wildman–Crippen MR) is 88.0 cm³/mol. The van der Waals surface area contributed by atoms with Crippen LogP contribution in [-0.2, 0) is 14.6 Å². The van der Waals surface area contributed by atoms with E-state index in [1.165, 1.54) is 17.7 Å². The van der Waals surface area contributed by atoms with E-state index in [0.717, 1.165) is 0 Å². The Labute approximate surface area is 138 Å². The first kappa shape index (κ1) is 17.4. The van der Waals surface area contributed by atoms with Crippen LogP contribution in [0.25, 0.3) is 0 Å². The third-order valence-electron chi connectivity index (χ3n) is 3.84. The van der Waals surface area contributed by atoms with E-state index in [0.29, 0.717) is 24.4 Å². The van der Waals surface area contributed by atoms with Gasteiger partial charge in [0.1, 0.15) is 9.98 Å². The van der Waals surface area contributed by atoms with Gasteiger partial charge < -0.3 is 9.64 Å². The molecule has 2 atom stereocenters. The number of nitrogens with zero attached hydrogens (tertiary/aromatic N) is 3. The number of hydrogen-bond donors (Lipinski definition) is 0. The number of rotatable bonds is 4. The minimum absolute atomic E-state index is 0.00906. The predicted octanol–water partition coefficient (Wildman–Crippen LogP) is 1.18. The number of anilines is 1. The smallest absolute Gasteiger partial charge is 0.294 e. The summed E-state index contributed by atoms with van der Waals surface area (Å²) >= 11 is 3.27. The molecule has 0 amide bonds. The maximum absolute atomic E-state index is 12.7. The van der Waals surface area contributed by atoms with E-state index in [9.17, 15) is 13.2 Å². The van der Waals surface area contributed by atoms with E-state index in [1.807, 2.05) is 11.8 Å². The van der Waals surface area contributed by atoms with Crippen LogP contribution in [0.5, 0.6) is 0 Å². The molecule has 0 bridgehead atoms. The molecule has 1 unspecified atom stereocenters. The Hall–Kier alpha value is -0.930. The van der Waals surface area contributed by atoms with Crippen LogP contribution in [0, 0.1) is 0 Å².